The molecule has 0 N–H and O–H groups in total. The largest absolute Gasteiger partial charge is 0.497 e. The first-order valence-corrected chi connectivity index (χ1v) is 8.56. The maximum atomic E-state index is 13.2. The van der Waals surface area contributed by atoms with E-state index >= 15 is 0 Å². The Morgan fingerprint density at radius 1 is 0.962 bits per heavy atom. The molecule has 5 heteroatoms. The molecule has 2 aromatic carbocycles. The number of carbonyl (C=O) groups excluding carboxylic acids is 1. The van der Waals surface area contributed by atoms with Crippen molar-refractivity contribution in [3.05, 3.63) is 46.5 Å². The van der Waals surface area contributed by atoms with Gasteiger partial charge >= 0.3 is 0 Å². The summed E-state index contributed by atoms with van der Waals surface area (Å²) < 4.78 is 22.2. The fourth-order valence-electron chi connectivity index (χ4n) is 3.59. The summed E-state index contributed by atoms with van der Waals surface area (Å²) in [7, 11) is 4.81. The van der Waals surface area contributed by atoms with Gasteiger partial charge in [-0.15, -0.1) is 0 Å². The number of Topliss-reactive ketones (excluding diaryl/α,β-unsaturated/α-hetero) is 1. The van der Waals surface area contributed by atoms with Gasteiger partial charge in [0.05, 0.1) is 33.9 Å². The monoisotopic (exact) mass is 356 g/mol. The van der Waals surface area contributed by atoms with Crippen molar-refractivity contribution in [1.82, 2.24) is 0 Å². The van der Waals surface area contributed by atoms with Crippen molar-refractivity contribution in [2.45, 2.75) is 20.3 Å². The van der Waals surface area contributed by atoms with E-state index in [9.17, 15) is 4.79 Å². The van der Waals surface area contributed by atoms with Gasteiger partial charge in [0.15, 0.2) is 5.78 Å². The van der Waals surface area contributed by atoms with Crippen LogP contribution in [0.3, 0.4) is 0 Å². The fraction of sp³-hybridized carbons (Fsp3) is 0.381. The molecule has 138 valence electrons. The van der Waals surface area contributed by atoms with E-state index in [4.69, 9.17) is 18.9 Å². The predicted octanol–water partition coefficient (Wildman–Crippen LogP) is 3.76. The highest BCUT2D eigenvalue weighted by atomic mass is 16.5. The van der Waals surface area contributed by atoms with Crippen LogP contribution in [0.15, 0.2) is 24.3 Å². The predicted molar refractivity (Wildman–Crippen MR) is 99.0 cm³/mol. The topological polar surface area (TPSA) is 54.0 Å². The smallest absolute Gasteiger partial charge is 0.177 e. The minimum absolute atomic E-state index is 0.0489. The number of ether oxygens (including phenoxy) is 4. The summed E-state index contributed by atoms with van der Waals surface area (Å²) in [4.78, 5) is 13.2. The number of hydrogen-bond donors (Lipinski definition) is 0. The van der Waals surface area contributed by atoms with Gasteiger partial charge in [0.1, 0.15) is 28.6 Å². The molecular formula is C21H24O5. The highest BCUT2D eigenvalue weighted by molar-refractivity contribution is 6.05. The average Bonchev–Trinajstić information content (AvgIpc) is 2.65. The van der Waals surface area contributed by atoms with Crippen molar-refractivity contribution >= 4 is 5.78 Å². The van der Waals surface area contributed by atoms with Crippen molar-refractivity contribution in [2.75, 3.05) is 27.9 Å². The third-order valence-corrected chi connectivity index (χ3v) is 4.91. The molecule has 3 rings (SSSR count). The Morgan fingerprint density at radius 3 is 2.19 bits per heavy atom. The van der Waals surface area contributed by atoms with Crippen LogP contribution in [0.2, 0.25) is 0 Å². The van der Waals surface area contributed by atoms with E-state index in [1.807, 2.05) is 38.1 Å². The Morgan fingerprint density at radius 2 is 1.62 bits per heavy atom. The second-order valence-electron chi connectivity index (χ2n) is 6.44. The lowest BCUT2D eigenvalue weighted by Crippen LogP contribution is -2.30. The lowest BCUT2D eigenvalue weighted by atomic mass is 9.87. The molecule has 0 fully saturated rings. The van der Waals surface area contributed by atoms with E-state index in [2.05, 4.69) is 0 Å². The van der Waals surface area contributed by atoms with E-state index in [0.717, 1.165) is 22.4 Å². The van der Waals surface area contributed by atoms with Gasteiger partial charge < -0.3 is 18.9 Å². The van der Waals surface area contributed by atoms with Crippen molar-refractivity contribution in [3.63, 3.8) is 0 Å². The molecule has 0 bridgehead atoms. The molecule has 26 heavy (non-hydrogen) atoms. The second kappa shape index (κ2) is 7.28. The first-order valence-electron chi connectivity index (χ1n) is 8.56. The molecule has 0 aromatic heterocycles. The molecule has 5 nitrogen and oxygen atoms in total. The normalized spacial score (nSPS) is 15.9. The fourth-order valence-corrected chi connectivity index (χ4v) is 3.59. The molecule has 0 amide bonds. The molecular weight excluding hydrogens is 332 g/mol. The minimum Gasteiger partial charge on any atom is -0.497 e. The Labute approximate surface area is 153 Å². The number of benzene rings is 2. The van der Waals surface area contributed by atoms with Gasteiger partial charge in [-0.25, -0.2) is 0 Å². The van der Waals surface area contributed by atoms with Crippen molar-refractivity contribution in [1.29, 1.82) is 0 Å². The number of methoxy groups -OCH3 is 3. The Kier molecular flexibility index (Phi) is 5.07. The van der Waals surface area contributed by atoms with Gasteiger partial charge in [-0.3, -0.25) is 4.79 Å². The Hall–Kier alpha value is -2.69. The van der Waals surface area contributed by atoms with Gasteiger partial charge in [0.25, 0.3) is 0 Å². The summed E-state index contributed by atoms with van der Waals surface area (Å²) in [6, 6.07) is 7.75. The van der Waals surface area contributed by atoms with Gasteiger partial charge in [0.2, 0.25) is 0 Å². The molecule has 0 saturated heterocycles. The first kappa shape index (κ1) is 18.1. The quantitative estimate of drug-likeness (QED) is 0.816. The van der Waals surface area contributed by atoms with Gasteiger partial charge in [-0.05, 0) is 38.0 Å². The zero-order valence-corrected chi connectivity index (χ0v) is 15.8. The summed E-state index contributed by atoms with van der Waals surface area (Å²) in [5.41, 5.74) is 3.23. The lowest BCUT2D eigenvalue weighted by molar-refractivity contribution is 0.0823. The van der Waals surface area contributed by atoms with Crippen LogP contribution in [0.1, 0.15) is 27.0 Å². The van der Waals surface area contributed by atoms with Crippen molar-refractivity contribution in [2.24, 2.45) is 5.92 Å². The molecule has 0 radical (unpaired) electrons. The number of ketones is 1. The molecule has 0 aliphatic carbocycles. The average molecular weight is 356 g/mol. The van der Waals surface area contributed by atoms with E-state index in [0.29, 0.717) is 35.8 Å². The number of hydrogen-bond acceptors (Lipinski definition) is 5. The van der Waals surface area contributed by atoms with E-state index in [1.165, 1.54) is 0 Å². The minimum atomic E-state index is -0.253. The highest BCUT2D eigenvalue weighted by Gasteiger charge is 2.35. The van der Waals surface area contributed by atoms with Crippen LogP contribution in [-0.2, 0) is 6.42 Å². The molecule has 1 atom stereocenters. The number of rotatable bonds is 5. The van der Waals surface area contributed by atoms with Crippen molar-refractivity contribution in [3.8, 4) is 23.0 Å². The Bertz CT molecular complexity index is 800. The van der Waals surface area contributed by atoms with Crippen LogP contribution >= 0.6 is 0 Å². The molecule has 2 aromatic rings. The second-order valence-corrected chi connectivity index (χ2v) is 6.44. The van der Waals surface area contributed by atoms with Crippen LogP contribution in [-0.4, -0.2) is 33.7 Å². The van der Waals surface area contributed by atoms with Crippen LogP contribution in [0.4, 0.5) is 0 Å². The SMILES string of the molecule is COc1ccc(CC2COc3c(C)c(OC)c(C)c(OC)c3C2=O)cc1. The van der Waals surface area contributed by atoms with Crippen LogP contribution < -0.4 is 18.9 Å². The van der Waals surface area contributed by atoms with Gasteiger partial charge in [-0.1, -0.05) is 12.1 Å². The number of carbonyl (C=O) groups is 1. The summed E-state index contributed by atoms with van der Waals surface area (Å²) in [5.74, 6) is 2.39. The molecule has 0 spiro atoms. The molecule has 0 saturated carbocycles. The van der Waals surface area contributed by atoms with Gasteiger partial charge in [-0.2, -0.15) is 0 Å². The Balaban J connectivity index is 1.96. The first-order chi connectivity index (χ1) is 12.5. The molecule has 1 unspecified atom stereocenters. The summed E-state index contributed by atoms with van der Waals surface area (Å²) in [6.45, 7) is 4.14. The summed E-state index contributed by atoms with van der Waals surface area (Å²) in [5, 5.41) is 0. The van der Waals surface area contributed by atoms with Crippen molar-refractivity contribution < 1.29 is 23.7 Å². The van der Waals surface area contributed by atoms with E-state index in [-0.39, 0.29) is 11.7 Å². The highest BCUT2D eigenvalue weighted by Crippen LogP contribution is 2.45. The van der Waals surface area contributed by atoms with Crippen LogP contribution in [0, 0.1) is 19.8 Å². The third-order valence-electron chi connectivity index (χ3n) is 4.91. The van der Waals surface area contributed by atoms with E-state index in [1.54, 1.807) is 21.3 Å². The van der Waals surface area contributed by atoms with Crippen LogP contribution in [0.25, 0.3) is 0 Å². The summed E-state index contributed by atoms with van der Waals surface area (Å²) in [6.07, 6.45) is 0.607. The maximum absolute atomic E-state index is 13.2. The number of fused-ring (bicyclic) bond motifs is 1. The molecule has 1 aliphatic heterocycles. The zero-order chi connectivity index (χ0) is 18.8. The standard InChI is InChI=1S/C21H24O5/c1-12-19(24-4)13(2)21-17(20(12)25-5)18(22)15(11-26-21)10-14-6-8-16(23-3)9-7-14/h6-9,15H,10-11H2,1-5H3. The van der Waals surface area contributed by atoms with Gasteiger partial charge in [0, 0.05) is 11.1 Å². The molecule has 1 heterocycles. The van der Waals surface area contributed by atoms with Crippen LogP contribution in [0.5, 0.6) is 23.0 Å². The molecule has 1 aliphatic rings. The zero-order valence-electron chi connectivity index (χ0n) is 15.8. The maximum Gasteiger partial charge on any atom is 0.177 e. The third kappa shape index (κ3) is 2.98. The summed E-state index contributed by atoms with van der Waals surface area (Å²) >= 11 is 0. The lowest BCUT2D eigenvalue weighted by Gasteiger charge is -2.29. The van der Waals surface area contributed by atoms with E-state index < -0.39 is 0 Å².